The third kappa shape index (κ3) is 4.01. The van der Waals surface area contributed by atoms with Crippen molar-refractivity contribution < 1.29 is 4.92 Å². The summed E-state index contributed by atoms with van der Waals surface area (Å²) < 4.78 is 0.617. The zero-order valence-corrected chi connectivity index (χ0v) is 14.4. The number of nitrogens with zero attached hydrogens (tertiary/aromatic N) is 4. The van der Waals surface area contributed by atoms with E-state index in [1.165, 1.54) is 60.6 Å². The van der Waals surface area contributed by atoms with Gasteiger partial charge in [-0.2, -0.15) is 5.26 Å². The van der Waals surface area contributed by atoms with Gasteiger partial charge in [0.2, 0.25) is 5.13 Å². The third-order valence-corrected chi connectivity index (χ3v) is 5.77. The van der Waals surface area contributed by atoms with E-state index in [9.17, 15) is 10.1 Å². The fraction of sp³-hybridized carbons (Fsp3) is 0.400. The molecule has 124 valence electrons. The molecule has 24 heavy (non-hydrogen) atoms. The Bertz CT molecular complexity index is 780. The van der Waals surface area contributed by atoms with Crippen molar-refractivity contribution >= 4 is 33.9 Å². The predicted molar refractivity (Wildman–Crippen MR) is 92.3 cm³/mol. The van der Waals surface area contributed by atoms with Crippen LogP contribution in [0.2, 0.25) is 0 Å². The Morgan fingerprint density at radius 1 is 1.33 bits per heavy atom. The van der Waals surface area contributed by atoms with Crippen molar-refractivity contribution in [2.75, 3.05) is 5.32 Å². The van der Waals surface area contributed by atoms with Gasteiger partial charge < -0.3 is 5.32 Å². The lowest BCUT2D eigenvalue weighted by atomic mass is 9.96. The number of anilines is 1. The summed E-state index contributed by atoms with van der Waals surface area (Å²) in [6.07, 6.45) is 6.01. The maximum atomic E-state index is 11.1. The molecule has 1 aromatic carbocycles. The minimum Gasteiger partial charge on any atom is -0.357 e. The van der Waals surface area contributed by atoms with Crippen LogP contribution in [0.4, 0.5) is 10.8 Å². The summed E-state index contributed by atoms with van der Waals surface area (Å²) in [5.41, 5.74) is 0.351. The lowest BCUT2D eigenvalue weighted by Gasteiger charge is -2.21. The number of nitrogens with one attached hydrogen (secondary N) is 1. The first-order chi connectivity index (χ1) is 11.7. The van der Waals surface area contributed by atoms with E-state index in [0.717, 1.165) is 18.0 Å². The second-order valence-electron chi connectivity index (χ2n) is 5.51. The molecule has 1 aliphatic carbocycles. The molecule has 0 aliphatic heterocycles. The van der Waals surface area contributed by atoms with Crippen LogP contribution in [0.15, 0.2) is 27.4 Å². The quantitative estimate of drug-likeness (QED) is 0.628. The Morgan fingerprint density at radius 3 is 2.83 bits per heavy atom. The Hall–Kier alpha value is -2.18. The molecule has 1 aliphatic rings. The molecular formula is C15H15N5O2S2. The monoisotopic (exact) mass is 361 g/mol. The smallest absolute Gasteiger partial charge is 0.283 e. The van der Waals surface area contributed by atoms with E-state index in [-0.39, 0.29) is 5.69 Å². The van der Waals surface area contributed by atoms with E-state index >= 15 is 0 Å². The molecule has 7 nitrogen and oxygen atoms in total. The lowest BCUT2D eigenvalue weighted by molar-refractivity contribution is -0.387. The van der Waals surface area contributed by atoms with Crippen molar-refractivity contribution in [1.82, 2.24) is 10.2 Å². The fourth-order valence-electron chi connectivity index (χ4n) is 2.64. The Kier molecular flexibility index (Phi) is 5.27. The minimum absolute atomic E-state index is 0.0315. The molecule has 0 saturated heterocycles. The molecule has 1 aromatic heterocycles. The first kappa shape index (κ1) is 16.7. The van der Waals surface area contributed by atoms with Gasteiger partial charge in [0.1, 0.15) is 0 Å². The zero-order valence-electron chi connectivity index (χ0n) is 12.8. The fourth-order valence-corrected chi connectivity index (χ4v) is 4.57. The van der Waals surface area contributed by atoms with Gasteiger partial charge in [-0.05, 0) is 36.7 Å². The number of nitriles is 1. The van der Waals surface area contributed by atoms with E-state index in [1.54, 1.807) is 0 Å². The highest BCUT2D eigenvalue weighted by Gasteiger charge is 2.19. The number of aromatic nitrogens is 2. The highest BCUT2D eigenvalue weighted by Crippen LogP contribution is 2.38. The molecule has 1 N–H and O–H groups in total. The summed E-state index contributed by atoms with van der Waals surface area (Å²) in [5.74, 6) is 0. The van der Waals surface area contributed by atoms with Crippen molar-refractivity contribution in [3.63, 3.8) is 0 Å². The molecule has 2 aromatic rings. The van der Waals surface area contributed by atoms with Gasteiger partial charge in [0.05, 0.1) is 21.5 Å². The van der Waals surface area contributed by atoms with E-state index in [1.807, 2.05) is 6.07 Å². The summed E-state index contributed by atoms with van der Waals surface area (Å²) in [5, 5.41) is 32.5. The minimum atomic E-state index is -0.453. The number of rotatable bonds is 5. The average Bonchev–Trinajstić information content (AvgIpc) is 3.02. The normalized spacial score (nSPS) is 15.0. The van der Waals surface area contributed by atoms with Crippen molar-refractivity contribution in [3.8, 4) is 6.07 Å². The standard InChI is InChI=1S/C15H15N5O2S2/c16-9-10-6-7-12(20(21)22)13(8-10)23-15-19-18-14(24-15)17-11-4-2-1-3-5-11/h6-8,11H,1-5H2,(H,17,18). The van der Waals surface area contributed by atoms with Crippen LogP contribution >= 0.6 is 23.1 Å². The molecule has 1 fully saturated rings. The van der Waals surface area contributed by atoms with Crippen LogP contribution in [0.5, 0.6) is 0 Å². The van der Waals surface area contributed by atoms with Gasteiger partial charge in [0, 0.05) is 12.1 Å². The summed E-state index contributed by atoms with van der Waals surface area (Å²) in [7, 11) is 0. The summed E-state index contributed by atoms with van der Waals surface area (Å²) in [6, 6.07) is 6.73. The first-order valence-electron chi connectivity index (χ1n) is 7.62. The highest BCUT2D eigenvalue weighted by molar-refractivity contribution is 8.01. The second kappa shape index (κ2) is 7.59. The van der Waals surface area contributed by atoms with Gasteiger partial charge in [0.15, 0.2) is 4.34 Å². The Morgan fingerprint density at radius 2 is 2.12 bits per heavy atom. The summed E-state index contributed by atoms with van der Waals surface area (Å²) in [4.78, 5) is 11.1. The van der Waals surface area contributed by atoms with E-state index in [0.29, 0.717) is 20.8 Å². The molecule has 0 bridgehead atoms. The Labute approximate surface area is 147 Å². The van der Waals surface area contributed by atoms with E-state index in [4.69, 9.17) is 5.26 Å². The molecular weight excluding hydrogens is 346 g/mol. The molecule has 0 amide bonds. The van der Waals surface area contributed by atoms with E-state index < -0.39 is 4.92 Å². The van der Waals surface area contributed by atoms with Crippen LogP contribution in [0.1, 0.15) is 37.7 Å². The van der Waals surface area contributed by atoms with Crippen molar-refractivity contribution in [1.29, 1.82) is 5.26 Å². The maximum absolute atomic E-state index is 11.1. The zero-order chi connectivity index (χ0) is 16.9. The number of nitro groups is 1. The lowest BCUT2D eigenvalue weighted by Crippen LogP contribution is -2.21. The molecule has 0 atom stereocenters. The number of hydrogen-bond acceptors (Lipinski definition) is 8. The van der Waals surface area contributed by atoms with Crippen LogP contribution in [0.25, 0.3) is 0 Å². The van der Waals surface area contributed by atoms with Gasteiger partial charge >= 0.3 is 0 Å². The molecule has 0 spiro atoms. The largest absolute Gasteiger partial charge is 0.357 e. The van der Waals surface area contributed by atoms with Gasteiger partial charge in [-0.3, -0.25) is 10.1 Å². The number of benzene rings is 1. The van der Waals surface area contributed by atoms with Gasteiger partial charge in [-0.1, -0.05) is 30.6 Å². The highest BCUT2D eigenvalue weighted by atomic mass is 32.2. The first-order valence-corrected chi connectivity index (χ1v) is 9.25. The van der Waals surface area contributed by atoms with Crippen LogP contribution in [0.3, 0.4) is 0 Å². The second-order valence-corrected chi connectivity index (χ2v) is 7.77. The average molecular weight is 361 g/mol. The van der Waals surface area contributed by atoms with E-state index in [2.05, 4.69) is 15.5 Å². The maximum Gasteiger partial charge on any atom is 0.283 e. The molecule has 1 saturated carbocycles. The molecule has 1 heterocycles. The molecule has 3 rings (SSSR count). The number of nitro benzene ring substituents is 1. The van der Waals surface area contributed by atoms with Gasteiger partial charge in [-0.25, -0.2) is 0 Å². The SMILES string of the molecule is N#Cc1ccc([N+](=O)[O-])c(Sc2nnc(NC3CCCCC3)s2)c1. The van der Waals surface area contributed by atoms with Crippen LogP contribution < -0.4 is 5.32 Å². The summed E-state index contributed by atoms with van der Waals surface area (Å²) in [6.45, 7) is 0. The van der Waals surface area contributed by atoms with Crippen molar-refractivity contribution in [3.05, 3.63) is 33.9 Å². The van der Waals surface area contributed by atoms with Crippen LogP contribution in [0, 0.1) is 21.4 Å². The molecule has 0 radical (unpaired) electrons. The third-order valence-electron chi connectivity index (χ3n) is 3.82. The summed E-state index contributed by atoms with van der Waals surface area (Å²) >= 11 is 2.55. The predicted octanol–water partition coefficient (Wildman–Crippen LogP) is 4.21. The van der Waals surface area contributed by atoms with Gasteiger partial charge in [0.25, 0.3) is 5.69 Å². The van der Waals surface area contributed by atoms with Gasteiger partial charge in [-0.15, -0.1) is 10.2 Å². The number of hydrogen-bond donors (Lipinski definition) is 1. The molecule has 0 unspecified atom stereocenters. The molecule has 9 heteroatoms. The Balaban J connectivity index is 1.74. The van der Waals surface area contributed by atoms with Crippen molar-refractivity contribution in [2.45, 2.75) is 47.4 Å². The van der Waals surface area contributed by atoms with Crippen molar-refractivity contribution in [2.24, 2.45) is 0 Å². The van der Waals surface area contributed by atoms with Crippen LogP contribution in [-0.4, -0.2) is 21.2 Å². The van der Waals surface area contributed by atoms with Crippen LogP contribution in [-0.2, 0) is 0 Å². The topological polar surface area (TPSA) is 105 Å².